The summed E-state index contributed by atoms with van der Waals surface area (Å²) < 4.78 is 15.1. The number of aromatic nitrogens is 2. The number of piperidine rings is 1. The highest BCUT2D eigenvalue weighted by molar-refractivity contribution is 5.89. The molecule has 0 aliphatic carbocycles. The normalized spacial score (nSPS) is 15.3. The topological polar surface area (TPSA) is 87.5 Å². The second-order valence-corrected chi connectivity index (χ2v) is 5.65. The van der Waals surface area contributed by atoms with E-state index in [0.29, 0.717) is 37.3 Å². The predicted molar refractivity (Wildman–Crippen MR) is 84.5 cm³/mol. The Morgan fingerprint density at radius 1 is 1.25 bits per heavy atom. The van der Waals surface area contributed by atoms with Crippen LogP contribution in [0.3, 0.4) is 0 Å². The van der Waals surface area contributed by atoms with Gasteiger partial charge in [-0.25, -0.2) is 13.9 Å². The number of anilines is 1. The van der Waals surface area contributed by atoms with Crippen molar-refractivity contribution >= 4 is 17.7 Å². The molecule has 2 aromatic rings. The molecule has 1 fully saturated rings. The molecule has 1 saturated heterocycles. The van der Waals surface area contributed by atoms with Gasteiger partial charge >= 0.3 is 12.0 Å². The van der Waals surface area contributed by atoms with Gasteiger partial charge in [-0.15, -0.1) is 0 Å². The standard InChI is InChI=1S/C16H17FN4O3/c17-13-3-1-2-4-14(13)21-10-12(9-18-21)19-16(24)20-7-5-11(6-8-20)15(22)23/h1-4,9-11H,5-8H2,(H,19,24)(H,22,23). The molecule has 7 nitrogen and oxygen atoms in total. The third kappa shape index (κ3) is 3.37. The molecule has 8 heteroatoms. The van der Waals surface area contributed by atoms with Gasteiger partial charge in [-0.1, -0.05) is 12.1 Å². The highest BCUT2D eigenvalue weighted by Gasteiger charge is 2.27. The van der Waals surface area contributed by atoms with Gasteiger partial charge in [-0.3, -0.25) is 4.79 Å². The molecule has 1 aromatic heterocycles. The fourth-order valence-corrected chi connectivity index (χ4v) is 2.69. The largest absolute Gasteiger partial charge is 0.481 e. The number of likely N-dealkylation sites (tertiary alicyclic amines) is 1. The molecule has 0 radical (unpaired) electrons. The maximum atomic E-state index is 13.7. The Morgan fingerprint density at radius 3 is 2.62 bits per heavy atom. The molecule has 0 bridgehead atoms. The second kappa shape index (κ2) is 6.69. The summed E-state index contributed by atoms with van der Waals surface area (Å²) >= 11 is 0. The average Bonchev–Trinajstić information content (AvgIpc) is 3.03. The first-order valence-electron chi connectivity index (χ1n) is 7.63. The number of hydrogen-bond acceptors (Lipinski definition) is 3. The molecule has 1 aliphatic heterocycles. The van der Waals surface area contributed by atoms with E-state index in [2.05, 4.69) is 10.4 Å². The van der Waals surface area contributed by atoms with Gasteiger partial charge in [0.1, 0.15) is 11.5 Å². The van der Waals surface area contributed by atoms with Crippen LogP contribution in [0.1, 0.15) is 12.8 Å². The van der Waals surface area contributed by atoms with Crippen molar-refractivity contribution in [1.29, 1.82) is 0 Å². The minimum absolute atomic E-state index is 0.292. The van der Waals surface area contributed by atoms with Crippen molar-refractivity contribution in [2.45, 2.75) is 12.8 Å². The van der Waals surface area contributed by atoms with Crippen LogP contribution in [0.15, 0.2) is 36.7 Å². The number of nitrogens with one attached hydrogen (secondary N) is 1. The lowest BCUT2D eigenvalue weighted by molar-refractivity contribution is -0.143. The second-order valence-electron chi connectivity index (χ2n) is 5.65. The number of urea groups is 1. The third-order valence-electron chi connectivity index (χ3n) is 4.06. The van der Waals surface area contributed by atoms with Crippen LogP contribution in [-0.2, 0) is 4.79 Å². The number of nitrogens with zero attached hydrogens (tertiary/aromatic N) is 3. The molecule has 0 atom stereocenters. The Bertz CT molecular complexity index is 753. The van der Waals surface area contributed by atoms with E-state index in [1.807, 2.05) is 0 Å². The molecule has 2 heterocycles. The molecule has 0 spiro atoms. The number of hydrogen-bond donors (Lipinski definition) is 2. The van der Waals surface area contributed by atoms with Crippen LogP contribution in [0.2, 0.25) is 0 Å². The van der Waals surface area contributed by atoms with Crippen LogP contribution >= 0.6 is 0 Å². The van der Waals surface area contributed by atoms with Crippen LogP contribution in [0.4, 0.5) is 14.9 Å². The van der Waals surface area contributed by atoms with Crippen molar-refractivity contribution in [3.05, 3.63) is 42.5 Å². The van der Waals surface area contributed by atoms with Crippen molar-refractivity contribution in [2.75, 3.05) is 18.4 Å². The minimum atomic E-state index is -0.818. The molecule has 2 amide bonds. The Balaban J connectivity index is 1.62. The molecule has 0 saturated carbocycles. The summed E-state index contributed by atoms with van der Waals surface area (Å²) in [4.78, 5) is 24.7. The summed E-state index contributed by atoms with van der Waals surface area (Å²) in [6.07, 6.45) is 3.85. The third-order valence-corrected chi connectivity index (χ3v) is 4.06. The lowest BCUT2D eigenvalue weighted by Gasteiger charge is -2.29. The number of halogens is 1. The molecule has 126 valence electrons. The van der Waals surface area contributed by atoms with E-state index in [1.54, 1.807) is 23.1 Å². The number of carbonyl (C=O) groups is 2. The van der Waals surface area contributed by atoms with E-state index in [1.165, 1.54) is 23.1 Å². The summed E-state index contributed by atoms with van der Waals surface area (Å²) in [6.45, 7) is 0.786. The smallest absolute Gasteiger partial charge is 0.321 e. The van der Waals surface area contributed by atoms with Gasteiger partial charge in [0.25, 0.3) is 0 Å². The van der Waals surface area contributed by atoms with E-state index >= 15 is 0 Å². The molecule has 1 aliphatic rings. The lowest BCUT2D eigenvalue weighted by atomic mass is 9.97. The Kier molecular flexibility index (Phi) is 4.45. The number of benzene rings is 1. The molecule has 1 aromatic carbocycles. The predicted octanol–water partition coefficient (Wildman–Crippen LogP) is 2.34. The van der Waals surface area contributed by atoms with Crippen molar-refractivity contribution in [2.24, 2.45) is 5.92 Å². The zero-order valence-corrected chi connectivity index (χ0v) is 12.9. The first-order valence-corrected chi connectivity index (χ1v) is 7.63. The molecule has 3 rings (SSSR count). The van der Waals surface area contributed by atoms with E-state index in [-0.39, 0.29) is 6.03 Å². The Morgan fingerprint density at radius 2 is 1.96 bits per heavy atom. The van der Waals surface area contributed by atoms with Gasteiger partial charge in [0.15, 0.2) is 0 Å². The van der Waals surface area contributed by atoms with Gasteiger partial charge in [0, 0.05) is 13.1 Å². The molecule has 24 heavy (non-hydrogen) atoms. The van der Waals surface area contributed by atoms with Gasteiger partial charge in [0.2, 0.25) is 0 Å². The van der Waals surface area contributed by atoms with Crippen LogP contribution in [0.5, 0.6) is 0 Å². The fraction of sp³-hybridized carbons (Fsp3) is 0.312. The maximum absolute atomic E-state index is 13.7. The number of aliphatic carboxylic acids is 1. The van der Waals surface area contributed by atoms with Gasteiger partial charge in [0.05, 0.1) is 24.0 Å². The number of rotatable bonds is 3. The van der Waals surface area contributed by atoms with Gasteiger partial charge in [-0.2, -0.15) is 5.10 Å². The first-order chi connectivity index (χ1) is 11.5. The number of carboxylic acid groups (broad SMARTS) is 1. The lowest BCUT2D eigenvalue weighted by Crippen LogP contribution is -2.42. The van der Waals surface area contributed by atoms with Crippen molar-refractivity contribution in [3.8, 4) is 5.69 Å². The summed E-state index contributed by atoms with van der Waals surface area (Å²) in [5.41, 5.74) is 0.740. The van der Waals surface area contributed by atoms with Gasteiger partial charge in [-0.05, 0) is 25.0 Å². The number of para-hydroxylation sites is 1. The summed E-state index contributed by atoms with van der Waals surface area (Å²) in [7, 11) is 0. The SMILES string of the molecule is O=C(O)C1CCN(C(=O)Nc2cnn(-c3ccccc3F)c2)CC1. The van der Waals surface area contributed by atoms with Crippen molar-refractivity contribution < 1.29 is 19.1 Å². The van der Waals surface area contributed by atoms with E-state index in [9.17, 15) is 14.0 Å². The number of carboxylic acids is 1. The monoisotopic (exact) mass is 332 g/mol. The summed E-state index contributed by atoms with van der Waals surface area (Å²) in [5.74, 6) is -1.62. The van der Waals surface area contributed by atoms with E-state index in [4.69, 9.17) is 5.11 Å². The Hall–Kier alpha value is -2.90. The zero-order valence-electron chi connectivity index (χ0n) is 12.9. The van der Waals surface area contributed by atoms with E-state index < -0.39 is 17.7 Å². The van der Waals surface area contributed by atoms with Crippen LogP contribution in [-0.4, -0.2) is 44.9 Å². The molecule has 2 N–H and O–H groups in total. The summed E-state index contributed by atoms with van der Waals surface area (Å²) in [6, 6.07) is 5.90. The molecular weight excluding hydrogens is 315 g/mol. The van der Waals surface area contributed by atoms with Crippen LogP contribution in [0, 0.1) is 11.7 Å². The highest BCUT2D eigenvalue weighted by Crippen LogP contribution is 2.19. The maximum Gasteiger partial charge on any atom is 0.321 e. The quantitative estimate of drug-likeness (QED) is 0.903. The highest BCUT2D eigenvalue weighted by atomic mass is 19.1. The zero-order chi connectivity index (χ0) is 17.1. The minimum Gasteiger partial charge on any atom is -0.481 e. The number of amides is 2. The van der Waals surface area contributed by atoms with Crippen LogP contribution in [0.25, 0.3) is 5.69 Å². The fourth-order valence-electron chi connectivity index (χ4n) is 2.69. The van der Waals surface area contributed by atoms with Gasteiger partial charge < -0.3 is 15.3 Å². The van der Waals surface area contributed by atoms with Crippen molar-refractivity contribution in [3.63, 3.8) is 0 Å². The first kappa shape index (κ1) is 16.0. The summed E-state index contributed by atoms with van der Waals surface area (Å²) in [5, 5.41) is 15.7. The van der Waals surface area contributed by atoms with Crippen molar-refractivity contribution in [1.82, 2.24) is 14.7 Å². The molecular formula is C16H17FN4O3. The van der Waals surface area contributed by atoms with Crippen LogP contribution < -0.4 is 5.32 Å². The number of carbonyl (C=O) groups excluding carboxylic acids is 1. The Labute approximate surface area is 137 Å². The molecule has 0 unspecified atom stereocenters. The van der Waals surface area contributed by atoms with E-state index in [0.717, 1.165) is 0 Å². The average molecular weight is 332 g/mol.